The summed E-state index contributed by atoms with van der Waals surface area (Å²) in [4.78, 5) is 2.59. The molecule has 1 aliphatic heterocycles. The van der Waals surface area contributed by atoms with E-state index in [4.69, 9.17) is 4.74 Å². The predicted molar refractivity (Wildman–Crippen MR) is 97.5 cm³/mol. The molecule has 1 aliphatic rings. The van der Waals surface area contributed by atoms with Crippen molar-refractivity contribution in [3.8, 4) is 0 Å². The Morgan fingerprint density at radius 3 is 1.55 bits per heavy atom. The monoisotopic (exact) mass is 311 g/mol. The van der Waals surface area contributed by atoms with Crippen molar-refractivity contribution < 1.29 is 4.74 Å². The highest BCUT2D eigenvalue weighted by atomic mass is 16.5. The molecule has 0 aliphatic carbocycles. The van der Waals surface area contributed by atoms with Gasteiger partial charge in [0.2, 0.25) is 0 Å². The second-order valence-electron chi connectivity index (χ2n) is 7.41. The van der Waals surface area contributed by atoms with E-state index in [0.717, 1.165) is 13.1 Å². The van der Waals surface area contributed by atoms with Gasteiger partial charge in [0.1, 0.15) is 0 Å². The lowest BCUT2D eigenvalue weighted by Gasteiger charge is -2.35. The SMILES string of the molecule is CCCCCCCCCCCCCCN1CC(C)OC(C)C1. The summed E-state index contributed by atoms with van der Waals surface area (Å²) in [5, 5.41) is 0. The van der Waals surface area contributed by atoms with Crippen molar-refractivity contribution >= 4 is 0 Å². The lowest BCUT2D eigenvalue weighted by atomic mass is 10.1. The third-order valence-corrected chi connectivity index (χ3v) is 4.82. The van der Waals surface area contributed by atoms with E-state index in [1.807, 2.05) is 0 Å². The lowest BCUT2D eigenvalue weighted by Crippen LogP contribution is -2.45. The molecule has 2 atom stereocenters. The number of ether oxygens (including phenoxy) is 1. The molecular formula is C20H41NO. The third-order valence-electron chi connectivity index (χ3n) is 4.82. The summed E-state index contributed by atoms with van der Waals surface area (Å²) >= 11 is 0. The fourth-order valence-electron chi connectivity index (χ4n) is 3.64. The minimum absolute atomic E-state index is 0.418. The second-order valence-corrected chi connectivity index (χ2v) is 7.41. The Morgan fingerprint density at radius 1 is 0.682 bits per heavy atom. The van der Waals surface area contributed by atoms with Gasteiger partial charge >= 0.3 is 0 Å². The van der Waals surface area contributed by atoms with Crippen LogP contribution in [0.15, 0.2) is 0 Å². The molecular weight excluding hydrogens is 270 g/mol. The Kier molecular flexibility index (Phi) is 12.1. The average molecular weight is 312 g/mol. The molecule has 1 fully saturated rings. The molecule has 2 heteroatoms. The molecule has 1 rings (SSSR count). The molecule has 0 saturated carbocycles. The highest BCUT2D eigenvalue weighted by molar-refractivity contribution is 4.72. The van der Waals surface area contributed by atoms with Gasteiger partial charge in [0.15, 0.2) is 0 Å². The minimum atomic E-state index is 0.418. The van der Waals surface area contributed by atoms with Crippen LogP contribution in [0.1, 0.15) is 97.8 Å². The largest absolute Gasteiger partial charge is 0.373 e. The Balaban J connectivity index is 1.80. The number of hydrogen-bond acceptors (Lipinski definition) is 2. The highest BCUT2D eigenvalue weighted by Crippen LogP contribution is 2.14. The molecule has 0 aromatic carbocycles. The Bertz CT molecular complexity index is 234. The zero-order chi connectivity index (χ0) is 16.0. The van der Waals surface area contributed by atoms with Gasteiger partial charge in [0, 0.05) is 13.1 Å². The fourth-order valence-corrected chi connectivity index (χ4v) is 3.64. The maximum Gasteiger partial charge on any atom is 0.0678 e. The van der Waals surface area contributed by atoms with E-state index in [2.05, 4.69) is 25.7 Å². The molecule has 1 heterocycles. The van der Waals surface area contributed by atoms with Gasteiger partial charge in [0.25, 0.3) is 0 Å². The van der Waals surface area contributed by atoms with Gasteiger partial charge in [0.05, 0.1) is 12.2 Å². The summed E-state index contributed by atoms with van der Waals surface area (Å²) in [6.07, 6.45) is 18.1. The lowest BCUT2D eigenvalue weighted by molar-refractivity contribution is -0.0681. The van der Waals surface area contributed by atoms with Gasteiger partial charge in [-0.3, -0.25) is 4.90 Å². The van der Waals surface area contributed by atoms with Crippen molar-refractivity contribution in [2.24, 2.45) is 0 Å². The van der Waals surface area contributed by atoms with Gasteiger partial charge in [-0.1, -0.05) is 77.6 Å². The zero-order valence-electron chi connectivity index (χ0n) is 15.6. The standard InChI is InChI=1S/C20H41NO/c1-4-5-6-7-8-9-10-11-12-13-14-15-16-21-17-19(2)22-20(3)18-21/h19-20H,4-18H2,1-3H3. The van der Waals surface area contributed by atoms with Crippen LogP contribution in [0.4, 0.5) is 0 Å². The van der Waals surface area contributed by atoms with E-state index in [1.54, 1.807) is 0 Å². The van der Waals surface area contributed by atoms with E-state index in [0.29, 0.717) is 12.2 Å². The van der Waals surface area contributed by atoms with Crippen molar-refractivity contribution in [3.05, 3.63) is 0 Å². The summed E-state index contributed by atoms with van der Waals surface area (Å²) in [5.41, 5.74) is 0. The van der Waals surface area contributed by atoms with Crippen LogP contribution in [-0.2, 0) is 4.74 Å². The number of morpholine rings is 1. The first-order valence-electron chi connectivity index (χ1n) is 10.1. The fraction of sp³-hybridized carbons (Fsp3) is 1.00. The second kappa shape index (κ2) is 13.4. The molecule has 22 heavy (non-hydrogen) atoms. The molecule has 0 aromatic heterocycles. The predicted octanol–water partition coefficient (Wildman–Crippen LogP) is 5.80. The average Bonchev–Trinajstić information content (AvgIpc) is 2.47. The maximum atomic E-state index is 5.79. The molecule has 132 valence electrons. The summed E-state index contributed by atoms with van der Waals surface area (Å²) in [6, 6.07) is 0. The number of nitrogens with zero attached hydrogens (tertiary/aromatic N) is 1. The van der Waals surface area contributed by atoms with Gasteiger partial charge < -0.3 is 4.74 Å². The van der Waals surface area contributed by atoms with Crippen molar-refractivity contribution in [2.45, 2.75) is 110 Å². The van der Waals surface area contributed by atoms with E-state index < -0.39 is 0 Å². The number of unbranched alkanes of at least 4 members (excludes halogenated alkanes) is 11. The first-order valence-corrected chi connectivity index (χ1v) is 10.1. The summed E-state index contributed by atoms with van der Waals surface area (Å²) in [5.74, 6) is 0. The molecule has 1 saturated heterocycles. The third kappa shape index (κ3) is 10.6. The Morgan fingerprint density at radius 2 is 1.09 bits per heavy atom. The first-order chi connectivity index (χ1) is 10.7. The highest BCUT2D eigenvalue weighted by Gasteiger charge is 2.21. The Hall–Kier alpha value is -0.0800. The van der Waals surface area contributed by atoms with E-state index in [9.17, 15) is 0 Å². The van der Waals surface area contributed by atoms with Gasteiger partial charge in [-0.15, -0.1) is 0 Å². The maximum absolute atomic E-state index is 5.79. The van der Waals surface area contributed by atoms with Crippen molar-refractivity contribution in [2.75, 3.05) is 19.6 Å². The molecule has 0 N–H and O–H groups in total. The molecule has 0 aromatic rings. The van der Waals surface area contributed by atoms with Crippen LogP contribution in [0, 0.1) is 0 Å². The first kappa shape index (κ1) is 20.0. The molecule has 0 amide bonds. The molecule has 0 radical (unpaired) electrons. The molecule has 2 unspecified atom stereocenters. The van der Waals surface area contributed by atoms with Crippen LogP contribution in [0.25, 0.3) is 0 Å². The van der Waals surface area contributed by atoms with Crippen molar-refractivity contribution in [1.29, 1.82) is 0 Å². The van der Waals surface area contributed by atoms with Crippen LogP contribution in [0.2, 0.25) is 0 Å². The van der Waals surface area contributed by atoms with Crippen LogP contribution in [0.3, 0.4) is 0 Å². The zero-order valence-corrected chi connectivity index (χ0v) is 15.6. The van der Waals surface area contributed by atoms with Crippen LogP contribution >= 0.6 is 0 Å². The van der Waals surface area contributed by atoms with Crippen LogP contribution in [-0.4, -0.2) is 36.7 Å². The van der Waals surface area contributed by atoms with E-state index in [1.165, 1.54) is 83.6 Å². The van der Waals surface area contributed by atoms with E-state index >= 15 is 0 Å². The Labute approximate surface area is 140 Å². The quantitative estimate of drug-likeness (QED) is 0.399. The van der Waals surface area contributed by atoms with Gasteiger partial charge in [-0.2, -0.15) is 0 Å². The number of rotatable bonds is 13. The summed E-state index contributed by atoms with van der Waals surface area (Å²) < 4.78 is 5.79. The van der Waals surface area contributed by atoms with Crippen molar-refractivity contribution in [3.63, 3.8) is 0 Å². The number of hydrogen-bond donors (Lipinski definition) is 0. The smallest absolute Gasteiger partial charge is 0.0678 e. The molecule has 2 nitrogen and oxygen atoms in total. The normalized spacial score (nSPS) is 23.0. The minimum Gasteiger partial charge on any atom is -0.373 e. The molecule has 0 spiro atoms. The topological polar surface area (TPSA) is 12.5 Å². The van der Waals surface area contributed by atoms with Crippen LogP contribution in [0.5, 0.6) is 0 Å². The molecule has 0 bridgehead atoms. The van der Waals surface area contributed by atoms with Crippen LogP contribution < -0.4 is 0 Å². The van der Waals surface area contributed by atoms with Gasteiger partial charge in [-0.25, -0.2) is 0 Å². The summed E-state index contributed by atoms with van der Waals surface area (Å²) in [7, 11) is 0. The van der Waals surface area contributed by atoms with Crippen molar-refractivity contribution in [1.82, 2.24) is 4.90 Å². The summed E-state index contributed by atoms with van der Waals surface area (Å²) in [6.45, 7) is 10.2. The van der Waals surface area contributed by atoms with Gasteiger partial charge in [-0.05, 0) is 26.8 Å². The van der Waals surface area contributed by atoms with E-state index in [-0.39, 0.29) is 0 Å².